The molecule has 0 aliphatic rings. The first-order chi connectivity index (χ1) is 7.66. The van der Waals surface area contributed by atoms with Crippen molar-refractivity contribution in [3.63, 3.8) is 0 Å². The van der Waals surface area contributed by atoms with Crippen LogP contribution in [0.25, 0.3) is 0 Å². The first-order valence-corrected chi connectivity index (χ1v) is 4.93. The summed E-state index contributed by atoms with van der Waals surface area (Å²) in [7, 11) is 0. The van der Waals surface area contributed by atoms with E-state index in [0.29, 0.717) is 17.2 Å². The lowest BCUT2D eigenvalue weighted by Crippen LogP contribution is -1.91. The summed E-state index contributed by atoms with van der Waals surface area (Å²) < 4.78 is 5.64. The van der Waals surface area contributed by atoms with Crippen LogP contribution < -0.4 is 10.5 Å². The molecule has 2 rings (SSSR count). The topological polar surface area (TPSA) is 58.8 Å². The molecule has 4 nitrogen and oxygen atoms in total. The van der Waals surface area contributed by atoms with E-state index in [1.807, 2.05) is 19.9 Å². The molecule has 0 amide bonds. The summed E-state index contributed by atoms with van der Waals surface area (Å²) in [5.74, 6) is 1.34. The number of nitrogens with zero attached hydrogens (tertiary/aromatic N) is 2. The highest BCUT2D eigenvalue weighted by atomic mass is 16.5. The highest BCUT2D eigenvalue weighted by Gasteiger charge is 2.03. The Bertz CT molecular complexity index is 511. The van der Waals surface area contributed by atoms with Gasteiger partial charge >= 0.3 is 0 Å². The van der Waals surface area contributed by atoms with Gasteiger partial charge in [0, 0.05) is 0 Å². The fraction of sp³-hybridized carbons (Fsp3) is 0.167. The van der Waals surface area contributed by atoms with Gasteiger partial charge in [0.25, 0.3) is 0 Å². The number of nitrogens with one attached hydrogen (secondary N) is 1. The largest absolute Gasteiger partial charge is 0.454 e. The van der Waals surface area contributed by atoms with E-state index in [-0.39, 0.29) is 0 Å². The van der Waals surface area contributed by atoms with Crippen LogP contribution in [0.3, 0.4) is 0 Å². The van der Waals surface area contributed by atoms with E-state index in [1.54, 1.807) is 18.3 Å². The summed E-state index contributed by atoms with van der Waals surface area (Å²) in [6.45, 7) is 3.74. The number of rotatable bonds is 2. The first kappa shape index (κ1) is 10.4. The maximum Gasteiger partial charge on any atom is 0.166 e. The van der Waals surface area contributed by atoms with Crippen LogP contribution in [-0.4, -0.2) is 9.97 Å². The van der Waals surface area contributed by atoms with Crippen molar-refractivity contribution in [2.75, 3.05) is 0 Å². The summed E-state index contributed by atoms with van der Waals surface area (Å²) in [5, 5.41) is 0. The Balaban J connectivity index is 2.28. The standard InChI is InChI=1S/C12H12N3O/c1-8-5-10(3-4-11(8)13)16-12-6-14-7-15-9(12)2/h3-7,13H,1-2H3. The average molecular weight is 214 g/mol. The van der Waals surface area contributed by atoms with Crippen LogP contribution in [0, 0.1) is 13.8 Å². The summed E-state index contributed by atoms with van der Waals surface area (Å²) in [6, 6.07) is 5.31. The zero-order valence-electron chi connectivity index (χ0n) is 9.19. The molecule has 0 saturated carbocycles. The molecule has 2 aromatic rings. The Morgan fingerprint density at radius 2 is 2.06 bits per heavy atom. The highest BCUT2D eigenvalue weighted by molar-refractivity contribution is 5.47. The minimum atomic E-state index is 0.508. The predicted octanol–water partition coefficient (Wildman–Crippen LogP) is 2.80. The van der Waals surface area contributed by atoms with E-state index in [1.165, 1.54) is 6.33 Å². The van der Waals surface area contributed by atoms with E-state index < -0.39 is 0 Å². The van der Waals surface area contributed by atoms with Crippen molar-refractivity contribution in [3.8, 4) is 11.5 Å². The summed E-state index contributed by atoms with van der Waals surface area (Å²) in [5.41, 5.74) is 9.74. The molecule has 1 radical (unpaired) electrons. The lowest BCUT2D eigenvalue weighted by Gasteiger charge is -2.08. The molecule has 1 N–H and O–H groups in total. The Morgan fingerprint density at radius 1 is 1.25 bits per heavy atom. The second-order valence-electron chi connectivity index (χ2n) is 3.55. The monoisotopic (exact) mass is 214 g/mol. The molecule has 0 atom stereocenters. The average Bonchev–Trinajstić information content (AvgIpc) is 2.27. The molecule has 16 heavy (non-hydrogen) atoms. The SMILES string of the molecule is Cc1cc(Oc2cncnc2C)ccc1[NH]. The van der Waals surface area contributed by atoms with Crippen LogP contribution in [0.4, 0.5) is 5.69 Å². The molecule has 0 bridgehead atoms. The zero-order valence-corrected chi connectivity index (χ0v) is 9.19. The molecular formula is C12H12N3O. The fourth-order valence-electron chi connectivity index (χ4n) is 1.30. The molecule has 4 heteroatoms. The van der Waals surface area contributed by atoms with Gasteiger partial charge in [-0.15, -0.1) is 0 Å². The Labute approximate surface area is 94.1 Å². The minimum absolute atomic E-state index is 0.508. The second kappa shape index (κ2) is 4.18. The van der Waals surface area contributed by atoms with Crippen LogP contribution >= 0.6 is 0 Å². The molecule has 0 aliphatic heterocycles. The van der Waals surface area contributed by atoms with Crippen molar-refractivity contribution in [1.82, 2.24) is 15.7 Å². The van der Waals surface area contributed by atoms with E-state index in [0.717, 1.165) is 11.3 Å². The third-order valence-corrected chi connectivity index (χ3v) is 2.29. The van der Waals surface area contributed by atoms with Crippen LogP contribution in [-0.2, 0) is 0 Å². The van der Waals surface area contributed by atoms with Gasteiger partial charge in [-0.1, -0.05) is 0 Å². The van der Waals surface area contributed by atoms with Gasteiger partial charge in [-0.2, -0.15) is 0 Å². The third kappa shape index (κ3) is 2.11. The third-order valence-electron chi connectivity index (χ3n) is 2.29. The molecular weight excluding hydrogens is 202 g/mol. The number of hydrogen-bond acceptors (Lipinski definition) is 3. The van der Waals surface area contributed by atoms with Gasteiger partial charge in [-0.05, 0) is 37.6 Å². The van der Waals surface area contributed by atoms with Crippen LogP contribution in [0.2, 0.25) is 0 Å². The lowest BCUT2D eigenvalue weighted by molar-refractivity contribution is 0.472. The fourth-order valence-corrected chi connectivity index (χ4v) is 1.30. The molecule has 0 fully saturated rings. The Hall–Kier alpha value is -2.10. The van der Waals surface area contributed by atoms with Crippen LogP contribution in [0.1, 0.15) is 11.3 Å². The molecule has 0 unspecified atom stereocenters. The van der Waals surface area contributed by atoms with Crippen molar-refractivity contribution in [1.29, 1.82) is 0 Å². The molecule has 81 valence electrons. The maximum absolute atomic E-state index is 7.56. The maximum atomic E-state index is 7.56. The molecule has 1 aromatic heterocycles. The number of ether oxygens (including phenoxy) is 1. The van der Waals surface area contributed by atoms with E-state index in [4.69, 9.17) is 10.5 Å². The van der Waals surface area contributed by atoms with Crippen molar-refractivity contribution in [3.05, 3.63) is 42.0 Å². The molecule has 1 heterocycles. The van der Waals surface area contributed by atoms with Gasteiger partial charge in [-0.25, -0.2) is 9.97 Å². The van der Waals surface area contributed by atoms with Crippen LogP contribution in [0.15, 0.2) is 30.7 Å². The quantitative estimate of drug-likeness (QED) is 0.772. The van der Waals surface area contributed by atoms with Crippen molar-refractivity contribution < 1.29 is 4.74 Å². The van der Waals surface area contributed by atoms with Gasteiger partial charge in [-0.3, -0.25) is 0 Å². The molecule has 0 saturated heterocycles. The number of hydrogen-bond donors (Lipinski definition) is 0. The predicted molar refractivity (Wildman–Crippen MR) is 60.8 cm³/mol. The van der Waals surface area contributed by atoms with Crippen LogP contribution in [0.5, 0.6) is 11.5 Å². The number of aromatic nitrogens is 2. The van der Waals surface area contributed by atoms with Crippen molar-refractivity contribution in [2.24, 2.45) is 0 Å². The van der Waals surface area contributed by atoms with Gasteiger partial charge < -0.3 is 10.5 Å². The Kier molecular flexibility index (Phi) is 2.72. The van der Waals surface area contributed by atoms with Gasteiger partial charge in [0.2, 0.25) is 0 Å². The molecule has 0 spiro atoms. The van der Waals surface area contributed by atoms with E-state index in [9.17, 15) is 0 Å². The summed E-state index contributed by atoms with van der Waals surface area (Å²) >= 11 is 0. The van der Waals surface area contributed by atoms with Gasteiger partial charge in [0.05, 0.1) is 17.6 Å². The van der Waals surface area contributed by atoms with Gasteiger partial charge in [0.15, 0.2) is 5.75 Å². The van der Waals surface area contributed by atoms with Crippen molar-refractivity contribution in [2.45, 2.75) is 13.8 Å². The normalized spacial score (nSPS) is 10.1. The van der Waals surface area contributed by atoms with E-state index >= 15 is 0 Å². The van der Waals surface area contributed by atoms with E-state index in [2.05, 4.69) is 9.97 Å². The molecule has 1 aromatic carbocycles. The van der Waals surface area contributed by atoms with Crippen molar-refractivity contribution >= 4 is 5.69 Å². The highest BCUT2D eigenvalue weighted by Crippen LogP contribution is 2.25. The summed E-state index contributed by atoms with van der Waals surface area (Å²) in [6.07, 6.45) is 3.12. The summed E-state index contributed by atoms with van der Waals surface area (Å²) in [4.78, 5) is 7.95. The number of aryl methyl sites for hydroxylation is 2. The number of benzene rings is 1. The zero-order chi connectivity index (χ0) is 11.5. The first-order valence-electron chi connectivity index (χ1n) is 4.93. The lowest BCUT2D eigenvalue weighted by atomic mass is 10.2. The minimum Gasteiger partial charge on any atom is -0.454 e. The molecule has 0 aliphatic carbocycles. The van der Waals surface area contributed by atoms with Gasteiger partial charge in [0.1, 0.15) is 12.1 Å². The smallest absolute Gasteiger partial charge is 0.166 e. The second-order valence-corrected chi connectivity index (χ2v) is 3.55. The Morgan fingerprint density at radius 3 is 2.75 bits per heavy atom.